The molecular formula is C14H8BrCl2NO3. The number of carbonyl (C=O) groups is 2. The summed E-state index contributed by atoms with van der Waals surface area (Å²) in [5.74, 6) is -1.57. The summed E-state index contributed by atoms with van der Waals surface area (Å²) in [6.45, 7) is 0. The summed E-state index contributed by atoms with van der Waals surface area (Å²) in [5, 5.41) is 12.2. The van der Waals surface area contributed by atoms with E-state index >= 15 is 0 Å². The van der Waals surface area contributed by atoms with Gasteiger partial charge in [0.15, 0.2) is 0 Å². The first kappa shape index (κ1) is 15.8. The number of benzene rings is 2. The van der Waals surface area contributed by atoms with Crippen LogP contribution in [0.5, 0.6) is 0 Å². The van der Waals surface area contributed by atoms with Crippen LogP contribution in [0, 0.1) is 0 Å². The van der Waals surface area contributed by atoms with Crippen molar-refractivity contribution >= 4 is 56.7 Å². The van der Waals surface area contributed by atoms with Gasteiger partial charge in [0.25, 0.3) is 5.91 Å². The number of aromatic carboxylic acids is 1. The van der Waals surface area contributed by atoms with Crippen molar-refractivity contribution in [2.24, 2.45) is 0 Å². The molecule has 0 aliphatic carbocycles. The standard InChI is InChI=1S/C14H8BrCl2NO3/c15-10-3-1-7(14(20)21)5-12(10)18-13(19)9-6-8(16)2-4-11(9)17/h1-6H,(H,18,19)(H,20,21). The highest BCUT2D eigenvalue weighted by molar-refractivity contribution is 9.10. The van der Waals surface area contributed by atoms with Crippen molar-refractivity contribution in [3.05, 3.63) is 62.0 Å². The molecule has 1 amide bonds. The van der Waals surface area contributed by atoms with E-state index in [2.05, 4.69) is 21.2 Å². The van der Waals surface area contributed by atoms with Crippen molar-refractivity contribution in [2.45, 2.75) is 0 Å². The fourth-order valence-corrected chi connectivity index (χ4v) is 2.34. The lowest BCUT2D eigenvalue weighted by Gasteiger charge is -2.09. The number of anilines is 1. The molecule has 7 heteroatoms. The highest BCUT2D eigenvalue weighted by Crippen LogP contribution is 2.26. The Morgan fingerprint density at radius 2 is 1.81 bits per heavy atom. The molecule has 0 aliphatic rings. The summed E-state index contributed by atoms with van der Waals surface area (Å²) in [4.78, 5) is 23.2. The highest BCUT2D eigenvalue weighted by atomic mass is 79.9. The Morgan fingerprint density at radius 3 is 2.48 bits per heavy atom. The number of halogens is 3. The van der Waals surface area contributed by atoms with Crippen LogP contribution < -0.4 is 5.32 Å². The van der Waals surface area contributed by atoms with E-state index in [0.29, 0.717) is 15.2 Å². The normalized spacial score (nSPS) is 10.2. The first-order chi connectivity index (χ1) is 9.88. The average molecular weight is 389 g/mol. The molecular weight excluding hydrogens is 381 g/mol. The number of carbonyl (C=O) groups excluding carboxylic acids is 1. The molecule has 0 fully saturated rings. The maximum atomic E-state index is 12.2. The zero-order chi connectivity index (χ0) is 15.6. The van der Waals surface area contributed by atoms with Crippen LogP contribution >= 0.6 is 39.1 Å². The van der Waals surface area contributed by atoms with Crippen LogP contribution in [0.15, 0.2) is 40.9 Å². The van der Waals surface area contributed by atoms with Crippen LogP contribution in [0.25, 0.3) is 0 Å². The van der Waals surface area contributed by atoms with Gasteiger partial charge in [-0.15, -0.1) is 0 Å². The Balaban J connectivity index is 2.33. The van der Waals surface area contributed by atoms with Gasteiger partial charge in [-0.05, 0) is 52.3 Å². The zero-order valence-corrected chi connectivity index (χ0v) is 13.5. The van der Waals surface area contributed by atoms with Gasteiger partial charge in [-0.25, -0.2) is 4.79 Å². The SMILES string of the molecule is O=C(O)c1ccc(Br)c(NC(=O)c2cc(Cl)ccc2Cl)c1. The minimum absolute atomic E-state index is 0.0608. The minimum atomic E-state index is -1.08. The Hall–Kier alpha value is -1.56. The van der Waals surface area contributed by atoms with Crippen molar-refractivity contribution in [1.82, 2.24) is 0 Å². The summed E-state index contributed by atoms with van der Waals surface area (Å²) in [6.07, 6.45) is 0. The van der Waals surface area contributed by atoms with E-state index in [1.54, 1.807) is 12.1 Å². The Bertz CT molecular complexity index is 734. The van der Waals surface area contributed by atoms with E-state index in [-0.39, 0.29) is 16.1 Å². The maximum Gasteiger partial charge on any atom is 0.335 e. The van der Waals surface area contributed by atoms with Crippen LogP contribution in [0.4, 0.5) is 5.69 Å². The van der Waals surface area contributed by atoms with E-state index in [0.717, 1.165) is 0 Å². The molecule has 0 unspecified atom stereocenters. The average Bonchev–Trinajstić information content (AvgIpc) is 2.43. The fourth-order valence-electron chi connectivity index (χ4n) is 1.62. The third kappa shape index (κ3) is 3.75. The van der Waals surface area contributed by atoms with Gasteiger partial charge >= 0.3 is 5.97 Å². The summed E-state index contributed by atoms with van der Waals surface area (Å²) >= 11 is 15.0. The van der Waals surface area contributed by atoms with Gasteiger partial charge in [0.1, 0.15) is 0 Å². The first-order valence-corrected chi connectivity index (χ1v) is 7.22. The molecule has 21 heavy (non-hydrogen) atoms. The number of hydrogen-bond donors (Lipinski definition) is 2. The van der Waals surface area contributed by atoms with Crippen molar-refractivity contribution in [1.29, 1.82) is 0 Å². The number of carboxylic acid groups (broad SMARTS) is 1. The number of hydrogen-bond acceptors (Lipinski definition) is 2. The van der Waals surface area contributed by atoms with Gasteiger partial charge in [0.05, 0.1) is 21.8 Å². The number of rotatable bonds is 3. The minimum Gasteiger partial charge on any atom is -0.478 e. The van der Waals surface area contributed by atoms with Gasteiger partial charge in [0, 0.05) is 9.50 Å². The second-order valence-electron chi connectivity index (χ2n) is 4.08. The number of nitrogens with one attached hydrogen (secondary N) is 1. The predicted octanol–water partition coefficient (Wildman–Crippen LogP) is 4.71. The van der Waals surface area contributed by atoms with Gasteiger partial charge in [0.2, 0.25) is 0 Å². The summed E-state index contributed by atoms with van der Waals surface area (Å²) in [6, 6.07) is 8.84. The Labute approximate surface area is 138 Å². The molecule has 2 N–H and O–H groups in total. The molecule has 0 aromatic heterocycles. The largest absolute Gasteiger partial charge is 0.478 e. The number of amides is 1. The van der Waals surface area contributed by atoms with Gasteiger partial charge in [-0.2, -0.15) is 0 Å². The molecule has 2 rings (SSSR count). The lowest BCUT2D eigenvalue weighted by Crippen LogP contribution is -2.13. The van der Waals surface area contributed by atoms with Crippen LogP contribution in [0.3, 0.4) is 0 Å². The van der Waals surface area contributed by atoms with Crippen LogP contribution in [-0.4, -0.2) is 17.0 Å². The van der Waals surface area contributed by atoms with Crippen LogP contribution in [0.1, 0.15) is 20.7 Å². The summed E-state index contributed by atoms with van der Waals surface area (Å²) < 4.78 is 0.555. The lowest BCUT2D eigenvalue weighted by atomic mass is 10.1. The molecule has 4 nitrogen and oxygen atoms in total. The highest BCUT2D eigenvalue weighted by Gasteiger charge is 2.14. The van der Waals surface area contributed by atoms with E-state index in [1.807, 2.05) is 0 Å². The van der Waals surface area contributed by atoms with Gasteiger partial charge in [-0.3, -0.25) is 4.79 Å². The van der Waals surface area contributed by atoms with E-state index in [1.165, 1.54) is 24.3 Å². The summed E-state index contributed by atoms with van der Waals surface area (Å²) in [5.41, 5.74) is 0.596. The Morgan fingerprint density at radius 1 is 1.10 bits per heavy atom. The molecule has 0 aliphatic heterocycles. The molecule has 0 atom stereocenters. The van der Waals surface area contributed by atoms with E-state index in [9.17, 15) is 9.59 Å². The topological polar surface area (TPSA) is 66.4 Å². The second-order valence-corrected chi connectivity index (χ2v) is 5.78. The fraction of sp³-hybridized carbons (Fsp3) is 0. The van der Waals surface area contributed by atoms with Crippen molar-refractivity contribution in [3.63, 3.8) is 0 Å². The van der Waals surface area contributed by atoms with E-state index < -0.39 is 11.9 Å². The molecule has 2 aromatic rings. The molecule has 0 heterocycles. The Kier molecular flexibility index (Phi) is 4.88. The zero-order valence-electron chi connectivity index (χ0n) is 10.4. The molecule has 108 valence electrons. The predicted molar refractivity (Wildman–Crippen MR) is 85.5 cm³/mol. The molecule has 0 saturated carbocycles. The third-order valence-corrected chi connectivity index (χ3v) is 3.89. The smallest absolute Gasteiger partial charge is 0.335 e. The van der Waals surface area contributed by atoms with Crippen LogP contribution in [-0.2, 0) is 0 Å². The van der Waals surface area contributed by atoms with Crippen LogP contribution in [0.2, 0.25) is 10.0 Å². The summed E-state index contributed by atoms with van der Waals surface area (Å²) in [7, 11) is 0. The molecule has 2 aromatic carbocycles. The van der Waals surface area contributed by atoms with Crippen molar-refractivity contribution in [3.8, 4) is 0 Å². The molecule has 0 bridgehead atoms. The van der Waals surface area contributed by atoms with Crippen molar-refractivity contribution < 1.29 is 14.7 Å². The van der Waals surface area contributed by atoms with Gasteiger partial charge < -0.3 is 10.4 Å². The molecule has 0 spiro atoms. The monoisotopic (exact) mass is 387 g/mol. The molecule has 0 saturated heterocycles. The van der Waals surface area contributed by atoms with Crippen molar-refractivity contribution in [2.75, 3.05) is 5.32 Å². The maximum absolute atomic E-state index is 12.2. The van der Waals surface area contributed by atoms with E-state index in [4.69, 9.17) is 28.3 Å². The molecule has 0 radical (unpaired) electrons. The van der Waals surface area contributed by atoms with Gasteiger partial charge in [-0.1, -0.05) is 23.2 Å². The second kappa shape index (κ2) is 6.47. The first-order valence-electron chi connectivity index (χ1n) is 5.67. The lowest BCUT2D eigenvalue weighted by molar-refractivity contribution is 0.0696. The quantitative estimate of drug-likeness (QED) is 0.800. The third-order valence-electron chi connectivity index (χ3n) is 2.63. The number of carboxylic acids is 1.